The van der Waals surface area contributed by atoms with E-state index in [1.54, 1.807) is 6.92 Å². The molecule has 0 aliphatic carbocycles. The van der Waals surface area contributed by atoms with E-state index in [2.05, 4.69) is 15.2 Å². The van der Waals surface area contributed by atoms with E-state index in [0.717, 1.165) is 10.4 Å². The minimum atomic E-state index is -4.85. The average molecular weight is 613 g/mol. The summed E-state index contributed by atoms with van der Waals surface area (Å²) in [5.41, 5.74) is -4.72. The van der Waals surface area contributed by atoms with E-state index in [4.69, 9.17) is 16.3 Å². The van der Waals surface area contributed by atoms with Crippen LogP contribution >= 0.6 is 11.6 Å². The number of aryl methyl sites for hydroxylation is 1. The molecule has 0 unspecified atom stereocenters. The zero-order valence-corrected chi connectivity index (χ0v) is 23.4. The predicted octanol–water partition coefficient (Wildman–Crippen LogP) is 3.88. The highest BCUT2D eigenvalue weighted by Gasteiger charge is 2.51. The molecule has 2 aromatic rings. The molecule has 1 amide bonds. The van der Waals surface area contributed by atoms with Gasteiger partial charge >= 0.3 is 18.2 Å². The Labute approximate surface area is 232 Å². The maximum Gasteiger partial charge on any atom is 0.427 e. The first-order valence-electron chi connectivity index (χ1n) is 11.8. The maximum absolute atomic E-state index is 13.8. The number of alkyl halides is 3. The number of sulfonamides is 1. The number of nitrogens with one attached hydrogen (secondary N) is 1. The molecule has 17 heteroatoms. The molecule has 1 aliphatic rings. The van der Waals surface area contributed by atoms with Crippen LogP contribution in [0.25, 0.3) is 0 Å². The van der Waals surface area contributed by atoms with Crippen LogP contribution < -0.4 is 14.4 Å². The van der Waals surface area contributed by atoms with Gasteiger partial charge in [0, 0.05) is 24.8 Å². The van der Waals surface area contributed by atoms with E-state index < -0.39 is 58.5 Å². The summed E-state index contributed by atoms with van der Waals surface area (Å²) in [5.74, 6) is -1.37. The smallest absolute Gasteiger partial charge is 0.427 e. The molecule has 0 saturated carbocycles. The number of hydrogen-bond acceptors (Lipinski definition) is 8. The van der Waals surface area contributed by atoms with Gasteiger partial charge in [-0.1, -0.05) is 11.6 Å². The molecule has 0 radical (unpaired) electrons. The fraction of sp³-hybridized carbons (Fsp3) is 0.522. The van der Waals surface area contributed by atoms with Crippen LogP contribution in [0.3, 0.4) is 0 Å². The highest BCUT2D eigenvalue weighted by atomic mass is 35.5. The third-order valence-electron chi connectivity index (χ3n) is 6.29. The standard InChI is InChI=1S/C23H28ClF3N4O8S/c1-5-30-11-17(18(24)29-30)40(36,37)31-10-14(9-22(4,12-32)19(33)34)38-16-7-6-13(8-15(16)31)28-20(35)39-21(2,3)23(25,26)27/h6-8,11,14,32H,5,9-10,12H2,1-4H3,(H,28,35)(H,33,34)/t14-,22+/m0/s1. The van der Waals surface area contributed by atoms with Crippen molar-refractivity contribution in [2.75, 3.05) is 22.8 Å². The second-order valence-corrected chi connectivity index (χ2v) is 12.0. The van der Waals surface area contributed by atoms with Crippen LogP contribution in [0.4, 0.5) is 29.3 Å². The Morgan fingerprint density at radius 2 is 1.93 bits per heavy atom. The lowest BCUT2D eigenvalue weighted by molar-refractivity contribution is -0.242. The van der Waals surface area contributed by atoms with Gasteiger partial charge in [0.05, 0.1) is 24.3 Å². The van der Waals surface area contributed by atoms with Crippen molar-refractivity contribution >= 4 is 45.1 Å². The van der Waals surface area contributed by atoms with Crippen LogP contribution in [0.15, 0.2) is 29.3 Å². The average Bonchev–Trinajstić information content (AvgIpc) is 3.24. The molecule has 0 spiro atoms. The van der Waals surface area contributed by atoms with Crippen molar-refractivity contribution in [2.45, 2.75) is 63.4 Å². The van der Waals surface area contributed by atoms with Crippen LogP contribution in [0.5, 0.6) is 5.75 Å². The number of carbonyl (C=O) groups excluding carboxylic acids is 1. The van der Waals surface area contributed by atoms with Gasteiger partial charge in [0.2, 0.25) is 5.60 Å². The second kappa shape index (κ2) is 11.0. The van der Waals surface area contributed by atoms with Gasteiger partial charge in [0.25, 0.3) is 10.0 Å². The van der Waals surface area contributed by atoms with Gasteiger partial charge in [-0.15, -0.1) is 0 Å². The first-order chi connectivity index (χ1) is 18.3. The molecule has 0 saturated heterocycles. The fourth-order valence-corrected chi connectivity index (χ4v) is 5.66. The van der Waals surface area contributed by atoms with Gasteiger partial charge in [0.15, 0.2) is 5.15 Å². The number of ether oxygens (including phenoxy) is 2. The SMILES string of the molecule is CCn1cc(S(=O)(=O)N2C[C@H](C[C@](C)(CO)C(=O)O)Oc3ccc(NC(=O)OC(C)(C)C(F)(F)F)cc32)c(Cl)n1. The molecule has 2 heterocycles. The van der Waals surface area contributed by atoms with E-state index in [0.29, 0.717) is 20.4 Å². The molecule has 3 rings (SSSR count). The van der Waals surface area contributed by atoms with Crippen LogP contribution in [-0.4, -0.2) is 71.5 Å². The molecule has 0 fully saturated rings. The van der Waals surface area contributed by atoms with Gasteiger partial charge in [-0.3, -0.25) is 19.1 Å². The van der Waals surface area contributed by atoms with Crippen molar-refractivity contribution in [3.05, 3.63) is 29.5 Å². The van der Waals surface area contributed by atoms with Gasteiger partial charge in [-0.25, -0.2) is 13.2 Å². The minimum Gasteiger partial charge on any atom is -0.486 e. The van der Waals surface area contributed by atoms with Gasteiger partial charge in [-0.05, 0) is 45.9 Å². The topological polar surface area (TPSA) is 160 Å². The fourth-order valence-electron chi connectivity index (χ4n) is 3.71. The highest BCUT2D eigenvalue weighted by molar-refractivity contribution is 7.93. The summed E-state index contributed by atoms with van der Waals surface area (Å²) in [6.45, 7) is 3.43. The highest BCUT2D eigenvalue weighted by Crippen LogP contribution is 2.42. The summed E-state index contributed by atoms with van der Waals surface area (Å²) in [6.07, 6.45) is -6.43. The Kier molecular flexibility index (Phi) is 8.58. The summed E-state index contributed by atoms with van der Waals surface area (Å²) in [6, 6.07) is 3.63. The number of anilines is 2. The summed E-state index contributed by atoms with van der Waals surface area (Å²) >= 11 is 6.11. The molecule has 2 atom stereocenters. The second-order valence-electron chi connectivity index (χ2n) is 9.85. The Morgan fingerprint density at radius 3 is 2.45 bits per heavy atom. The van der Waals surface area contributed by atoms with E-state index in [1.165, 1.54) is 29.9 Å². The number of halogens is 4. The molecule has 0 bridgehead atoms. The minimum absolute atomic E-state index is 0.0425. The normalized spacial score (nSPS) is 17.4. The number of aromatic nitrogens is 2. The third-order valence-corrected chi connectivity index (χ3v) is 8.46. The summed E-state index contributed by atoms with van der Waals surface area (Å²) in [5, 5.41) is 25.0. The lowest BCUT2D eigenvalue weighted by Crippen LogP contribution is -2.47. The first kappa shape index (κ1) is 31.3. The van der Waals surface area contributed by atoms with Gasteiger partial charge in [-0.2, -0.15) is 18.3 Å². The number of carboxylic acids is 1. The molecule has 12 nitrogen and oxygen atoms in total. The molecule has 1 aromatic heterocycles. The molecule has 40 heavy (non-hydrogen) atoms. The maximum atomic E-state index is 13.8. The van der Waals surface area contributed by atoms with E-state index >= 15 is 0 Å². The van der Waals surface area contributed by atoms with Gasteiger partial charge < -0.3 is 19.7 Å². The van der Waals surface area contributed by atoms with E-state index in [-0.39, 0.29) is 33.6 Å². The monoisotopic (exact) mass is 612 g/mol. The number of nitrogens with zero attached hydrogens (tertiary/aromatic N) is 3. The number of carboxylic acid groups (broad SMARTS) is 1. The third kappa shape index (κ3) is 6.23. The number of benzene rings is 1. The number of aliphatic carboxylic acids is 1. The Balaban J connectivity index is 2.03. The number of rotatable bonds is 9. The summed E-state index contributed by atoms with van der Waals surface area (Å²) in [7, 11) is -4.47. The zero-order valence-electron chi connectivity index (χ0n) is 21.8. The number of aliphatic hydroxyl groups excluding tert-OH is 1. The molecular formula is C23H28ClF3N4O8S. The molecule has 1 aliphatic heterocycles. The van der Waals surface area contributed by atoms with Crippen LogP contribution in [0.1, 0.15) is 34.1 Å². The lowest BCUT2D eigenvalue weighted by Gasteiger charge is -2.38. The van der Waals surface area contributed by atoms with Crippen molar-refractivity contribution in [1.82, 2.24) is 9.78 Å². The number of hydrogen-bond donors (Lipinski definition) is 3. The first-order valence-corrected chi connectivity index (χ1v) is 13.6. The van der Waals surface area contributed by atoms with Gasteiger partial charge in [0.1, 0.15) is 16.7 Å². The van der Waals surface area contributed by atoms with Crippen molar-refractivity contribution < 1.29 is 50.9 Å². The van der Waals surface area contributed by atoms with Crippen molar-refractivity contribution in [3.8, 4) is 5.75 Å². The van der Waals surface area contributed by atoms with Crippen molar-refractivity contribution in [2.24, 2.45) is 5.41 Å². The Bertz CT molecular complexity index is 1400. The van der Waals surface area contributed by atoms with Crippen LogP contribution in [0, 0.1) is 5.41 Å². The summed E-state index contributed by atoms with van der Waals surface area (Å²) < 4.78 is 79.5. The van der Waals surface area contributed by atoms with Crippen molar-refractivity contribution in [3.63, 3.8) is 0 Å². The van der Waals surface area contributed by atoms with Crippen LogP contribution in [-0.2, 0) is 26.1 Å². The summed E-state index contributed by atoms with van der Waals surface area (Å²) in [4.78, 5) is 23.6. The predicted molar refractivity (Wildman–Crippen MR) is 136 cm³/mol. The lowest BCUT2D eigenvalue weighted by atomic mass is 9.85. The van der Waals surface area contributed by atoms with E-state index in [9.17, 15) is 41.4 Å². The van der Waals surface area contributed by atoms with Crippen LogP contribution in [0.2, 0.25) is 5.15 Å². The zero-order chi connectivity index (χ0) is 30.3. The number of amides is 1. The quantitative estimate of drug-likeness (QED) is 0.382. The number of fused-ring (bicyclic) bond motifs is 1. The molecule has 3 N–H and O–H groups in total. The number of aliphatic hydroxyl groups is 1. The Hall–Kier alpha value is -3.24. The van der Waals surface area contributed by atoms with E-state index in [1.807, 2.05) is 0 Å². The molecular weight excluding hydrogens is 585 g/mol. The van der Waals surface area contributed by atoms with Crippen molar-refractivity contribution in [1.29, 1.82) is 0 Å². The molecule has 222 valence electrons. The Morgan fingerprint density at radius 1 is 1.27 bits per heavy atom. The number of carbonyl (C=O) groups is 2. The largest absolute Gasteiger partial charge is 0.486 e. The molecule has 1 aromatic carbocycles.